The summed E-state index contributed by atoms with van der Waals surface area (Å²) in [7, 11) is -1.59. The monoisotopic (exact) mass is 476 g/mol. The van der Waals surface area contributed by atoms with Crippen LogP contribution < -0.4 is 4.74 Å². The molecule has 3 rings (SSSR count). The van der Waals surface area contributed by atoms with Crippen LogP contribution in [0.15, 0.2) is 71.8 Å². The van der Waals surface area contributed by atoms with Crippen molar-refractivity contribution in [1.29, 1.82) is 0 Å². The zero-order valence-corrected chi connectivity index (χ0v) is 19.0. The smallest absolute Gasteiger partial charge is 0.338 e. The van der Waals surface area contributed by atoms with Gasteiger partial charge in [-0.2, -0.15) is 0 Å². The zero-order valence-electron chi connectivity index (χ0n) is 17.4. The van der Waals surface area contributed by atoms with Gasteiger partial charge < -0.3 is 9.47 Å². The molecule has 0 spiro atoms. The van der Waals surface area contributed by atoms with Gasteiger partial charge in [-0.15, -0.1) is 0 Å². The van der Waals surface area contributed by atoms with Crippen molar-refractivity contribution in [3.63, 3.8) is 0 Å². The second kappa shape index (κ2) is 10.6. The number of hydroxylamine groups is 1. The molecule has 2 aromatic carbocycles. The molecule has 0 bridgehead atoms. The SMILES string of the molecule is CON(C)S(=O)(=O)c1cc(C(=O)OCc2ccc(OCc3ccccn3)cc2)ccc1Cl. The molecule has 10 heteroatoms. The van der Waals surface area contributed by atoms with Crippen LogP contribution in [-0.4, -0.2) is 38.0 Å². The number of halogens is 1. The molecule has 3 aromatic rings. The lowest BCUT2D eigenvalue weighted by atomic mass is 10.2. The molecule has 32 heavy (non-hydrogen) atoms. The lowest BCUT2D eigenvalue weighted by molar-refractivity contribution is -0.0258. The van der Waals surface area contributed by atoms with Gasteiger partial charge in [0.1, 0.15) is 23.9 Å². The maximum atomic E-state index is 12.5. The van der Waals surface area contributed by atoms with Crippen LogP contribution in [-0.2, 0) is 32.8 Å². The topological polar surface area (TPSA) is 95.0 Å². The molecular weight excluding hydrogens is 456 g/mol. The molecule has 168 valence electrons. The Hall–Kier alpha value is -2.98. The van der Waals surface area contributed by atoms with Gasteiger partial charge in [-0.25, -0.2) is 13.2 Å². The Labute approximate surface area is 191 Å². The number of ether oxygens (including phenoxy) is 2. The van der Waals surface area contributed by atoms with Crippen molar-refractivity contribution in [3.05, 3.63) is 88.7 Å². The summed E-state index contributed by atoms with van der Waals surface area (Å²) in [5.41, 5.74) is 1.60. The van der Waals surface area contributed by atoms with Crippen molar-refractivity contribution in [3.8, 4) is 5.75 Å². The number of rotatable bonds is 9. The molecule has 0 N–H and O–H groups in total. The van der Waals surface area contributed by atoms with Crippen LogP contribution in [0.2, 0.25) is 5.02 Å². The lowest BCUT2D eigenvalue weighted by Crippen LogP contribution is -2.26. The van der Waals surface area contributed by atoms with E-state index in [9.17, 15) is 13.2 Å². The summed E-state index contributed by atoms with van der Waals surface area (Å²) in [4.78, 5) is 21.1. The van der Waals surface area contributed by atoms with Crippen LogP contribution in [0.1, 0.15) is 21.6 Å². The number of esters is 1. The molecule has 0 aliphatic carbocycles. The fraction of sp³-hybridized carbons (Fsp3) is 0.182. The number of hydrogen-bond acceptors (Lipinski definition) is 7. The number of pyridine rings is 1. The van der Waals surface area contributed by atoms with Crippen LogP contribution in [0, 0.1) is 0 Å². The predicted molar refractivity (Wildman–Crippen MR) is 118 cm³/mol. The summed E-state index contributed by atoms with van der Waals surface area (Å²) in [6.07, 6.45) is 1.70. The van der Waals surface area contributed by atoms with E-state index < -0.39 is 16.0 Å². The molecule has 0 radical (unpaired) electrons. The average Bonchev–Trinajstić information content (AvgIpc) is 2.82. The molecule has 0 saturated heterocycles. The number of carbonyl (C=O) groups excluding carboxylic acids is 1. The first-order chi connectivity index (χ1) is 15.3. The Morgan fingerprint density at radius 1 is 1.06 bits per heavy atom. The summed E-state index contributed by atoms with van der Waals surface area (Å²) in [5.74, 6) is -0.0331. The molecule has 8 nitrogen and oxygen atoms in total. The number of aromatic nitrogens is 1. The van der Waals surface area contributed by atoms with Gasteiger partial charge in [-0.05, 0) is 48.0 Å². The Kier molecular flexibility index (Phi) is 7.81. The van der Waals surface area contributed by atoms with Crippen molar-refractivity contribution in [2.45, 2.75) is 18.1 Å². The Morgan fingerprint density at radius 2 is 1.81 bits per heavy atom. The molecule has 0 saturated carbocycles. The van der Waals surface area contributed by atoms with E-state index in [1.807, 2.05) is 18.2 Å². The van der Waals surface area contributed by atoms with Gasteiger partial charge in [0, 0.05) is 13.2 Å². The van der Waals surface area contributed by atoms with Gasteiger partial charge in [-0.3, -0.25) is 9.82 Å². The van der Waals surface area contributed by atoms with Crippen LogP contribution in [0.3, 0.4) is 0 Å². The molecule has 1 aromatic heterocycles. The maximum absolute atomic E-state index is 12.5. The lowest BCUT2D eigenvalue weighted by Gasteiger charge is -2.15. The third kappa shape index (κ3) is 5.83. The fourth-order valence-corrected chi connectivity index (χ4v) is 4.09. The minimum Gasteiger partial charge on any atom is -0.487 e. The van der Waals surface area contributed by atoms with Crippen LogP contribution in [0.4, 0.5) is 0 Å². The first-order valence-electron chi connectivity index (χ1n) is 9.42. The quantitative estimate of drug-likeness (QED) is 0.342. The van der Waals surface area contributed by atoms with Crippen LogP contribution in [0.25, 0.3) is 0 Å². The summed E-state index contributed by atoms with van der Waals surface area (Å²) < 4.78 is 36.6. The first kappa shape index (κ1) is 23.7. The maximum Gasteiger partial charge on any atom is 0.338 e. The minimum absolute atomic E-state index is 0.00202. The number of nitrogens with zero attached hydrogens (tertiary/aromatic N) is 2. The summed E-state index contributed by atoms with van der Waals surface area (Å²) in [6.45, 7) is 0.345. The standard InChI is InChI=1S/C22H21ClN2O6S/c1-25(29-2)32(27,28)21-13-17(8-11-20(21)23)22(26)31-14-16-6-9-19(10-7-16)30-15-18-5-3-4-12-24-18/h3-13H,14-15H2,1-2H3. The second-order valence-electron chi connectivity index (χ2n) is 6.57. The summed E-state index contributed by atoms with van der Waals surface area (Å²) >= 11 is 6.01. The highest BCUT2D eigenvalue weighted by Crippen LogP contribution is 2.26. The first-order valence-corrected chi connectivity index (χ1v) is 11.2. The molecule has 0 fully saturated rings. The van der Waals surface area contributed by atoms with Gasteiger partial charge in [0.15, 0.2) is 0 Å². The van der Waals surface area contributed by atoms with Crippen molar-refractivity contribution in [1.82, 2.24) is 9.45 Å². The van der Waals surface area contributed by atoms with E-state index in [1.54, 1.807) is 30.5 Å². The van der Waals surface area contributed by atoms with Crippen LogP contribution >= 0.6 is 11.6 Å². The Balaban J connectivity index is 1.61. The van der Waals surface area contributed by atoms with E-state index in [0.717, 1.165) is 17.3 Å². The van der Waals surface area contributed by atoms with Gasteiger partial charge in [0.25, 0.3) is 10.0 Å². The molecule has 0 aliphatic heterocycles. The predicted octanol–water partition coefficient (Wildman–Crippen LogP) is 3.85. The van der Waals surface area contributed by atoms with Gasteiger partial charge >= 0.3 is 5.97 Å². The van der Waals surface area contributed by atoms with Gasteiger partial charge in [0.2, 0.25) is 0 Å². The number of benzene rings is 2. The molecule has 0 aliphatic rings. The Bertz CT molecular complexity index is 1170. The molecular formula is C22H21ClN2O6S. The average molecular weight is 477 g/mol. The third-order valence-corrected chi connectivity index (χ3v) is 6.61. The van der Waals surface area contributed by atoms with Crippen molar-refractivity contribution in [2.75, 3.05) is 14.2 Å². The summed E-state index contributed by atoms with van der Waals surface area (Å²) in [6, 6.07) is 16.5. The third-order valence-electron chi connectivity index (χ3n) is 4.45. The van der Waals surface area contributed by atoms with Gasteiger partial charge in [0.05, 0.1) is 23.4 Å². The minimum atomic E-state index is -4.02. The fourth-order valence-electron chi connectivity index (χ4n) is 2.62. The highest BCUT2D eigenvalue weighted by Gasteiger charge is 2.25. The molecule has 0 unspecified atom stereocenters. The van der Waals surface area contributed by atoms with Crippen molar-refractivity contribution in [2.24, 2.45) is 0 Å². The van der Waals surface area contributed by atoms with Crippen LogP contribution in [0.5, 0.6) is 5.75 Å². The van der Waals surface area contributed by atoms with Gasteiger partial charge in [-0.1, -0.05) is 34.3 Å². The van der Waals surface area contributed by atoms with E-state index >= 15 is 0 Å². The largest absolute Gasteiger partial charge is 0.487 e. The highest BCUT2D eigenvalue weighted by molar-refractivity contribution is 7.89. The molecule has 1 heterocycles. The second-order valence-corrected chi connectivity index (χ2v) is 8.88. The number of sulfonamides is 1. The summed E-state index contributed by atoms with van der Waals surface area (Å²) in [5, 5.41) is -0.0354. The normalized spacial score (nSPS) is 11.4. The molecule has 0 atom stereocenters. The zero-order chi connectivity index (χ0) is 23.1. The molecule has 0 amide bonds. The van der Waals surface area contributed by atoms with E-state index in [4.69, 9.17) is 25.9 Å². The van der Waals surface area contributed by atoms with E-state index in [0.29, 0.717) is 16.8 Å². The van der Waals surface area contributed by atoms with E-state index in [2.05, 4.69) is 4.98 Å². The van der Waals surface area contributed by atoms with E-state index in [1.165, 1.54) is 26.3 Å². The van der Waals surface area contributed by atoms with Crippen molar-refractivity contribution < 1.29 is 27.5 Å². The number of carbonyl (C=O) groups is 1. The van der Waals surface area contributed by atoms with Crippen molar-refractivity contribution >= 4 is 27.6 Å². The highest BCUT2D eigenvalue weighted by atomic mass is 35.5. The number of hydrogen-bond donors (Lipinski definition) is 0. The van der Waals surface area contributed by atoms with E-state index in [-0.39, 0.29) is 22.1 Å². The Morgan fingerprint density at radius 3 is 2.47 bits per heavy atom.